The van der Waals surface area contributed by atoms with Crippen molar-refractivity contribution in [3.05, 3.63) is 47.8 Å². The van der Waals surface area contributed by atoms with Crippen LogP contribution in [0.5, 0.6) is 0 Å². The van der Waals surface area contributed by atoms with E-state index in [0.717, 1.165) is 61.7 Å². The Balaban J connectivity index is 1.54. The summed E-state index contributed by atoms with van der Waals surface area (Å²) >= 11 is 0. The van der Waals surface area contributed by atoms with E-state index in [4.69, 9.17) is 5.73 Å². The maximum absolute atomic E-state index is 13.2. The highest BCUT2D eigenvalue weighted by molar-refractivity contribution is 6.07. The van der Waals surface area contributed by atoms with Gasteiger partial charge in [0.25, 0.3) is 5.91 Å². The van der Waals surface area contributed by atoms with Gasteiger partial charge >= 0.3 is 0 Å². The van der Waals surface area contributed by atoms with E-state index in [2.05, 4.69) is 32.4 Å². The summed E-state index contributed by atoms with van der Waals surface area (Å²) in [5.74, 6) is 6.88. The molecule has 3 aromatic rings. The molecule has 0 radical (unpaired) electrons. The van der Waals surface area contributed by atoms with Crippen molar-refractivity contribution in [2.24, 2.45) is 0 Å². The summed E-state index contributed by atoms with van der Waals surface area (Å²) in [6.07, 6.45) is 9.95. The van der Waals surface area contributed by atoms with Gasteiger partial charge in [-0.05, 0) is 63.3 Å². The Morgan fingerprint density at radius 1 is 1.24 bits per heavy atom. The number of amides is 1. The maximum atomic E-state index is 13.2. The van der Waals surface area contributed by atoms with Crippen LogP contribution in [0.15, 0.2) is 36.7 Å². The quantitative estimate of drug-likeness (QED) is 0.448. The second-order valence-electron chi connectivity index (χ2n) is 9.28. The van der Waals surface area contributed by atoms with Crippen molar-refractivity contribution in [3.63, 3.8) is 0 Å². The molecule has 1 aromatic carbocycles. The van der Waals surface area contributed by atoms with E-state index in [9.17, 15) is 9.90 Å². The highest BCUT2D eigenvalue weighted by atomic mass is 16.3. The Kier molecular flexibility index (Phi) is 6.22. The fourth-order valence-electron chi connectivity index (χ4n) is 4.86. The Hall–Kier alpha value is -3.41. The summed E-state index contributed by atoms with van der Waals surface area (Å²) in [7, 11) is 0. The highest BCUT2D eigenvalue weighted by Crippen LogP contribution is 2.28. The molecule has 5 N–H and O–H groups in total. The van der Waals surface area contributed by atoms with Crippen molar-refractivity contribution in [2.75, 3.05) is 18.8 Å². The third-order valence-corrected chi connectivity index (χ3v) is 6.71. The summed E-state index contributed by atoms with van der Waals surface area (Å²) in [6.45, 7) is 1.76. The van der Waals surface area contributed by atoms with E-state index < -0.39 is 5.60 Å². The van der Waals surface area contributed by atoms with Gasteiger partial charge in [0.2, 0.25) is 5.95 Å². The predicted molar refractivity (Wildman–Crippen MR) is 132 cm³/mol. The van der Waals surface area contributed by atoms with Crippen LogP contribution in [0.2, 0.25) is 0 Å². The number of aromatic nitrogens is 3. The fourth-order valence-corrected chi connectivity index (χ4v) is 4.86. The number of nitrogens with two attached hydrogens (primary N) is 1. The second-order valence-corrected chi connectivity index (χ2v) is 9.28. The molecule has 1 atom stereocenters. The third-order valence-electron chi connectivity index (χ3n) is 6.71. The largest absolute Gasteiger partial charge is 0.378 e. The van der Waals surface area contributed by atoms with Crippen LogP contribution in [-0.4, -0.2) is 50.3 Å². The third kappa shape index (κ3) is 4.76. The Bertz CT molecular complexity index is 1260. The number of rotatable bonds is 3. The van der Waals surface area contributed by atoms with Crippen molar-refractivity contribution in [3.8, 4) is 17.7 Å². The number of benzene rings is 1. The zero-order valence-corrected chi connectivity index (χ0v) is 19.2. The second kappa shape index (κ2) is 9.45. The predicted octanol–water partition coefficient (Wildman–Crippen LogP) is 2.53. The number of nitrogens with zero attached hydrogens (tertiary/aromatic N) is 3. The van der Waals surface area contributed by atoms with Gasteiger partial charge in [-0.1, -0.05) is 24.3 Å². The van der Waals surface area contributed by atoms with E-state index in [0.29, 0.717) is 24.2 Å². The standard InChI is InChI=1S/C26H30N6O2/c27-25-29-14-9-23(31-25)32-17-21(24(33)30-19-5-4-13-28-16-19)20-7-6-18(15-22(20)32)8-12-26(34)10-2-1-3-11-26/h6-7,9,14-15,17,19,28,34H,1-5,10-11,13,16H2,(H,30,33)(H2,27,29,31)/t19-/m1/s1. The lowest BCUT2D eigenvalue weighted by molar-refractivity contribution is 0.0610. The summed E-state index contributed by atoms with van der Waals surface area (Å²) in [5, 5.41) is 18.1. The first-order valence-electron chi connectivity index (χ1n) is 12.0. The van der Waals surface area contributed by atoms with E-state index >= 15 is 0 Å². The first kappa shape index (κ1) is 22.4. The zero-order valence-electron chi connectivity index (χ0n) is 19.2. The minimum Gasteiger partial charge on any atom is -0.378 e. The number of hydrogen-bond donors (Lipinski definition) is 4. The summed E-state index contributed by atoms with van der Waals surface area (Å²) < 4.78 is 1.85. The highest BCUT2D eigenvalue weighted by Gasteiger charge is 2.26. The zero-order chi connectivity index (χ0) is 23.5. The molecule has 2 fully saturated rings. The van der Waals surface area contributed by atoms with Gasteiger partial charge in [0.15, 0.2) is 0 Å². The molecule has 1 saturated carbocycles. The minimum absolute atomic E-state index is 0.107. The molecule has 5 rings (SSSR count). The molecule has 2 aliphatic rings. The number of hydrogen-bond acceptors (Lipinski definition) is 6. The number of piperidine rings is 1. The molecular formula is C26H30N6O2. The molecule has 8 nitrogen and oxygen atoms in total. The minimum atomic E-state index is -0.921. The van der Waals surface area contributed by atoms with Gasteiger partial charge in [0.05, 0.1) is 11.1 Å². The van der Waals surface area contributed by atoms with E-state index in [1.165, 1.54) is 0 Å². The molecule has 1 aliphatic carbocycles. The Morgan fingerprint density at radius 3 is 2.85 bits per heavy atom. The average molecular weight is 459 g/mol. The number of carbonyl (C=O) groups excluding carboxylic acids is 1. The number of aliphatic hydroxyl groups is 1. The molecule has 1 saturated heterocycles. The van der Waals surface area contributed by atoms with Crippen LogP contribution in [0, 0.1) is 11.8 Å². The molecule has 8 heteroatoms. The molecule has 34 heavy (non-hydrogen) atoms. The van der Waals surface area contributed by atoms with Gasteiger partial charge in [-0.15, -0.1) is 0 Å². The lowest BCUT2D eigenvalue weighted by Crippen LogP contribution is -2.45. The first-order chi connectivity index (χ1) is 16.5. The molecule has 0 spiro atoms. The van der Waals surface area contributed by atoms with Crippen LogP contribution in [0.1, 0.15) is 60.9 Å². The smallest absolute Gasteiger partial charge is 0.253 e. The molecule has 1 amide bonds. The van der Waals surface area contributed by atoms with Crippen LogP contribution in [0.25, 0.3) is 16.7 Å². The van der Waals surface area contributed by atoms with Gasteiger partial charge in [-0.2, -0.15) is 4.98 Å². The van der Waals surface area contributed by atoms with Gasteiger partial charge in [-0.25, -0.2) is 4.98 Å². The summed E-state index contributed by atoms with van der Waals surface area (Å²) in [4.78, 5) is 21.6. The van der Waals surface area contributed by atoms with Crippen molar-refractivity contribution >= 4 is 22.8 Å². The van der Waals surface area contributed by atoms with E-state index in [1.54, 1.807) is 18.5 Å². The van der Waals surface area contributed by atoms with Crippen molar-refractivity contribution in [1.82, 2.24) is 25.2 Å². The number of anilines is 1. The molecule has 0 bridgehead atoms. The number of fused-ring (bicyclic) bond motifs is 1. The Morgan fingerprint density at radius 2 is 2.09 bits per heavy atom. The van der Waals surface area contributed by atoms with Gasteiger partial charge in [0, 0.05) is 35.9 Å². The van der Waals surface area contributed by atoms with Crippen LogP contribution >= 0.6 is 0 Å². The first-order valence-corrected chi connectivity index (χ1v) is 12.0. The molecule has 1 aliphatic heterocycles. The van der Waals surface area contributed by atoms with Crippen molar-refractivity contribution in [2.45, 2.75) is 56.6 Å². The van der Waals surface area contributed by atoms with Crippen LogP contribution < -0.4 is 16.4 Å². The van der Waals surface area contributed by atoms with E-state index in [-0.39, 0.29) is 17.9 Å². The lowest BCUT2D eigenvalue weighted by Gasteiger charge is -2.26. The maximum Gasteiger partial charge on any atom is 0.253 e. The number of nitrogens with one attached hydrogen (secondary N) is 2. The molecule has 2 aromatic heterocycles. The van der Waals surface area contributed by atoms with Gasteiger partial charge < -0.3 is 26.0 Å². The average Bonchev–Trinajstić information content (AvgIpc) is 3.23. The lowest BCUT2D eigenvalue weighted by atomic mass is 9.85. The molecule has 176 valence electrons. The van der Waals surface area contributed by atoms with Crippen molar-refractivity contribution < 1.29 is 9.90 Å². The number of nitrogen functional groups attached to an aromatic ring is 1. The Labute approximate surface area is 199 Å². The van der Waals surface area contributed by atoms with Gasteiger partial charge in [-0.3, -0.25) is 4.79 Å². The van der Waals surface area contributed by atoms with E-state index in [1.807, 2.05) is 22.8 Å². The molecule has 0 unspecified atom stereocenters. The summed E-state index contributed by atoms with van der Waals surface area (Å²) in [6, 6.07) is 7.62. The molecule has 3 heterocycles. The molecular weight excluding hydrogens is 428 g/mol. The normalized spacial score (nSPS) is 19.9. The fraction of sp³-hybridized carbons (Fsp3) is 0.423. The van der Waals surface area contributed by atoms with Gasteiger partial charge in [0.1, 0.15) is 11.4 Å². The topological polar surface area (TPSA) is 118 Å². The SMILES string of the molecule is Nc1nccc(-n2cc(C(=O)N[C@@H]3CCCNC3)c3ccc(C#CC4(O)CCCCC4)cc32)n1. The van der Waals surface area contributed by atoms with Crippen LogP contribution in [0.4, 0.5) is 5.95 Å². The summed E-state index contributed by atoms with van der Waals surface area (Å²) in [5.41, 5.74) is 7.06. The van der Waals surface area contributed by atoms with Crippen molar-refractivity contribution in [1.29, 1.82) is 0 Å². The number of carbonyl (C=O) groups is 1. The van der Waals surface area contributed by atoms with Crippen LogP contribution in [-0.2, 0) is 0 Å². The van der Waals surface area contributed by atoms with Crippen LogP contribution in [0.3, 0.4) is 0 Å². The monoisotopic (exact) mass is 458 g/mol.